The molecule has 1 aromatic rings. The maximum Gasteiger partial charge on any atom is 0.176 e. The summed E-state index contributed by atoms with van der Waals surface area (Å²) >= 11 is 0. The van der Waals surface area contributed by atoms with Crippen molar-refractivity contribution in [2.24, 2.45) is 5.90 Å². The highest BCUT2D eigenvalue weighted by Gasteiger charge is 2.15. The highest BCUT2D eigenvalue weighted by Crippen LogP contribution is 2.25. The molecule has 0 aromatic heterocycles. The normalized spacial score (nSPS) is 11.6. The van der Waals surface area contributed by atoms with Gasteiger partial charge >= 0.3 is 0 Å². The largest absolute Gasteiger partial charge is 0.508 e. The molecule has 0 atom stereocenters. The molecule has 0 unspecified atom stereocenters. The first kappa shape index (κ1) is 11.0. The average molecular weight is 217 g/mol. The molecular weight excluding hydrogens is 206 g/mol. The van der Waals surface area contributed by atoms with E-state index in [1.807, 2.05) is 0 Å². The van der Waals surface area contributed by atoms with E-state index < -0.39 is 9.84 Å². The van der Waals surface area contributed by atoms with Gasteiger partial charge in [-0.05, 0) is 12.1 Å². The zero-order chi connectivity index (χ0) is 10.8. The number of nitrogens with two attached hydrogens (primary N) is 1. The molecule has 5 nitrogen and oxygen atoms in total. The van der Waals surface area contributed by atoms with Crippen LogP contribution in [0.2, 0.25) is 0 Å². The Kier molecular flexibility index (Phi) is 3.10. The van der Waals surface area contributed by atoms with Crippen LogP contribution >= 0.6 is 0 Å². The van der Waals surface area contributed by atoms with Gasteiger partial charge in [0, 0.05) is 11.8 Å². The van der Waals surface area contributed by atoms with Gasteiger partial charge in [-0.15, -0.1) is 0 Å². The molecule has 0 aliphatic carbocycles. The van der Waals surface area contributed by atoms with Crippen molar-refractivity contribution in [1.82, 2.24) is 0 Å². The van der Waals surface area contributed by atoms with E-state index in [9.17, 15) is 13.5 Å². The third-order valence-corrected chi connectivity index (χ3v) is 2.92. The van der Waals surface area contributed by atoms with E-state index in [4.69, 9.17) is 5.90 Å². The molecule has 0 aliphatic rings. The van der Waals surface area contributed by atoms with Gasteiger partial charge in [0.05, 0.1) is 11.5 Å². The molecule has 78 valence electrons. The second-order valence-corrected chi connectivity index (χ2v) is 4.82. The molecule has 1 rings (SSSR count). The minimum atomic E-state index is -3.37. The Bertz CT molecular complexity index is 427. The van der Waals surface area contributed by atoms with E-state index >= 15 is 0 Å². The maximum atomic E-state index is 11.3. The fraction of sp³-hybridized carbons (Fsp3) is 0.250. The molecule has 0 fully saturated rings. The third kappa shape index (κ3) is 2.22. The summed E-state index contributed by atoms with van der Waals surface area (Å²) in [6.07, 6.45) is 1.06. The van der Waals surface area contributed by atoms with Crippen molar-refractivity contribution in [3.8, 4) is 5.75 Å². The van der Waals surface area contributed by atoms with Crippen LogP contribution in [0.3, 0.4) is 0 Å². The first-order chi connectivity index (χ1) is 6.46. The van der Waals surface area contributed by atoms with Crippen molar-refractivity contribution in [2.75, 3.05) is 6.26 Å². The summed E-state index contributed by atoms with van der Waals surface area (Å²) in [5, 5.41) is 9.39. The molecule has 0 saturated heterocycles. The first-order valence-electron chi connectivity index (χ1n) is 3.79. The number of phenols is 1. The summed E-state index contributed by atoms with van der Waals surface area (Å²) in [7, 11) is -3.37. The van der Waals surface area contributed by atoms with Gasteiger partial charge < -0.3 is 5.11 Å². The predicted octanol–water partition coefficient (Wildman–Crippen LogP) is 0.186. The molecule has 3 N–H and O–H groups in total. The monoisotopic (exact) mass is 217 g/mol. The van der Waals surface area contributed by atoms with Gasteiger partial charge in [0.2, 0.25) is 0 Å². The van der Waals surface area contributed by atoms with Crippen molar-refractivity contribution in [3.63, 3.8) is 0 Å². The smallest absolute Gasteiger partial charge is 0.176 e. The van der Waals surface area contributed by atoms with Gasteiger partial charge in [-0.1, -0.05) is 6.07 Å². The van der Waals surface area contributed by atoms with Crippen LogP contribution in [-0.4, -0.2) is 19.8 Å². The molecular formula is C8H11NO4S. The summed E-state index contributed by atoms with van der Waals surface area (Å²) in [6.45, 7) is -0.144. The van der Waals surface area contributed by atoms with Crippen LogP contribution in [0.5, 0.6) is 5.75 Å². The summed E-state index contributed by atoms with van der Waals surface area (Å²) in [5.41, 5.74) is 0.178. The van der Waals surface area contributed by atoms with Crippen LogP contribution < -0.4 is 5.90 Å². The van der Waals surface area contributed by atoms with Crippen LogP contribution in [-0.2, 0) is 21.3 Å². The summed E-state index contributed by atoms with van der Waals surface area (Å²) in [4.78, 5) is 4.35. The van der Waals surface area contributed by atoms with E-state index in [0.29, 0.717) is 0 Å². The molecule has 6 heteroatoms. The molecule has 14 heavy (non-hydrogen) atoms. The minimum Gasteiger partial charge on any atom is -0.508 e. The Morgan fingerprint density at radius 2 is 2.14 bits per heavy atom. The lowest BCUT2D eigenvalue weighted by molar-refractivity contribution is 0.120. The SMILES string of the molecule is CS(=O)(=O)c1cccc(O)c1CON. The van der Waals surface area contributed by atoms with E-state index in [0.717, 1.165) is 6.26 Å². The van der Waals surface area contributed by atoms with Gasteiger partial charge in [0.25, 0.3) is 0 Å². The van der Waals surface area contributed by atoms with Gasteiger partial charge in [-0.25, -0.2) is 14.3 Å². The van der Waals surface area contributed by atoms with Crippen LogP contribution in [0.15, 0.2) is 23.1 Å². The fourth-order valence-electron chi connectivity index (χ4n) is 1.13. The molecule has 0 amide bonds. The molecule has 1 aromatic carbocycles. The number of hydrogen-bond acceptors (Lipinski definition) is 5. The van der Waals surface area contributed by atoms with E-state index in [1.165, 1.54) is 18.2 Å². The van der Waals surface area contributed by atoms with Crippen LogP contribution in [0.4, 0.5) is 0 Å². The molecule has 0 aliphatic heterocycles. The van der Waals surface area contributed by atoms with E-state index in [-0.39, 0.29) is 22.8 Å². The van der Waals surface area contributed by atoms with Crippen molar-refractivity contribution in [1.29, 1.82) is 0 Å². The average Bonchev–Trinajstić information content (AvgIpc) is 2.07. The van der Waals surface area contributed by atoms with E-state index in [2.05, 4.69) is 4.84 Å². The van der Waals surface area contributed by atoms with Gasteiger partial charge in [0.15, 0.2) is 9.84 Å². The zero-order valence-corrected chi connectivity index (χ0v) is 8.41. The lowest BCUT2D eigenvalue weighted by Gasteiger charge is -2.08. The predicted molar refractivity (Wildman–Crippen MR) is 50.2 cm³/mol. The first-order valence-corrected chi connectivity index (χ1v) is 5.68. The zero-order valence-electron chi connectivity index (χ0n) is 7.60. The minimum absolute atomic E-state index is 0.0305. The van der Waals surface area contributed by atoms with Crippen LogP contribution in [0.25, 0.3) is 0 Å². The highest BCUT2D eigenvalue weighted by molar-refractivity contribution is 7.90. The molecule has 0 spiro atoms. The van der Waals surface area contributed by atoms with Crippen LogP contribution in [0, 0.1) is 0 Å². The van der Waals surface area contributed by atoms with Crippen molar-refractivity contribution in [2.45, 2.75) is 11.5 Å². The number of hydrogen-bond donors (Lipinski definition) is 2. The standard InChI is InChI=1S/C8H11NO4S/c1-14(11,12)8-4-2-3-7(10)6(8)5-13-9/h2-4,10H,5,9H2,1H3. The number of benzene rings is 1. The maximum absolute atomic E-state index is 11.3. The number of phenolic OH excluding ortho intramolecular Hbond substituents is 1. The summed E-state index contributed by atoms with van der Waals surface area (Å²) in [5.74, 6) is 4.70. The number of aromatic hydroxyl groups is 1. The van der Waals surface area contributed by atoms with Gasteiger partial charge in [-0.3, -0.25) is 4.84 Å². The summed E-state index contributed by atoms with van der Waals surface area (Å²) in [6, 6.07) is 4.22. The molecule has 0 heterocycles. The topological polar surface area (TPSA) is 89.6 Å². The van der Waals surface area contributed by atoms with Crippen molar-refractivity contribution >= 4 is 9.84 Å². The molecule has 0 radical (unpaired) electrons. The van der Waals surface area contributed by atoms with Crippen molar-refractivity contribution in [3.05, 3.63) is 23.8 Å². The van der Waals surface area contributed by atoms with Gasteiger partial charge in [-0.2, -0.15) is 0 Å². The molecule has 0 bridgehead atoms. The third-order valence-electron chi connectivity index (χ3n) is 1.74. The Morgan fingerprint density at radius 1 is 1.50 bits per heavy atom. The molecule has 0 saturated carbocycles. The second kappa shape index (κ2) is 3.95. The summed E-state index contributed by atoms with van der Waals surface area (Å²) < 4.78 is 22.5. The lowest BCUT2D eigenvalue weighted by Crippen LogP contribution is -2.06. The van der Waals surface area contributed by atoms with E-state index in [1.54, 1.807) is 0 Å². The Hall–Kier alpha value is -1.11. The highest BCUT2D eigenvalue weighted by atomic mass is 32.2. The Morgan fingerprint density at radius 3 is 2.64 bits per heavy atom. The van der Waals surface area contributed by atoms with Gasteiger partial charge in [0.1, 0.15) is 5.75 Å². The lowest BCUT2D eigenvalue weighted by atomic mass is 10.2. The number of sulfone groups is 1. The second-order valence-electron chi connectivity index (χ2n) is 2.84. The Labute approximate surface area is 82.0 Å². The van der Waals surface area contributed by atoms with Crippen molar-refractivity contribution < 1.29 is 18.4 Å². The number of rotatable bonds is 3. The Balaban J connectivity index is 3.36. The van der Waals surface area contributed by atoms with Crippen LogP contribution in [0.1, 0.15) is 5.56 Å². The fourth-order valence-corrected chi connectivity index (χ4v) is 2.07. The quantitative estimate of drug-likeness (QED) is 0.705.